The predicted octanol–water partition coefficient (Wildman–Crippen LogP) is 1.46. The van der Waals surface area contributed by atoms with Crippen molar-refractivity contribution in [2.75, 3.05) is 18.4 Å². The zero-order valence-corrected chi connectivity index (χ0v) is 8.30. The van der Waals surface area contributed by atoms with Gasteiger partial charge in [-0.2, -0.15) is 0 Å². The molecule has 0 spiro atoms. The smallest absolute Gasteiger partial charge is 0.0403 e. The molecule has 0 unspecified atom stereocenters. The molecule has 3 nitrogen and oxygen atoms in total. The Morgan fingerprint density at radius 3 is 2.92 bits per heavy atom. The third kappa shape index (κ3) is 3.03. The molecule has 72 valence electrons. The van der Waals surface area contributed by atoms with Gasteiger partial charge in [0.05, 0.1) is 0 Å². The van der Waals surface area contributed by atoms with Crippen LogP contribution >= 0.6 is 0 Å². The van der Waals surface area contributed by atoms with Crippen LogP contribution in [0.3, 0.4) is 0 Å². The summed E-state index contributed by atoms with van der Waals surface area (Å²) in [5, 5.41) is 3.33. The van der Waals surface area contributed by atoms with E-state index < -0.39 is 0 Å². The molecule has 1 rings (SSSR count). The van der Waals surface area contributed by atoms with Gasteiger partial charge in [-0.05, 0) is 38.4 Å². The molecule has 0 aromatic carbocycles. The van der Waals surface area contributed by atoms with E-state index in [0.29, 0.717) is 0 Å². The van der Waals surface area contributed by atoms with Gasteiger partial charge in [0.15, 0.2) is 0 Å². The molecule has 0 radical (unpaired) electrons. The fourth-order valence-electron chi connectivity index (χ4n) is 1.14. The van der Waals surface area contributed by atoms with Crippen LogP contribution in [0.25, 0.3) is 0 Å². The number of anilines is 1. The highest BCUT2D eigenvalue weighted by molar-refractivity contribution is 5.50. The van der Waals surface area contributed by atoms with E-state index in [9.17, 15) is 0 Å². The van der Waals surface area contributed by atoms with E-state index >= 15 is 0 Å². The fourth-order valence-corrected chi connectivity index (χ4v) is 1.14. The number of hydrogen-bond donors (Lipinski definition) is 2. The molecule has 0 aliphatic rings. The van der Waals surface area contributed by atoms with Gasteiger partial charge >= 0.3 is 0 Å². The van der Waals surface area contributed by atoms with Crippen LogP contribution in [0.5, 0.6) is 0 Å². The standard InChI is InChI=1S/C10H17N3/c1-8-7-13-9(2)6-10(8)12-5-3-4-11/h6-7H,3-5,11H2,1-2H3,(H,12,13). The number of aromatic nitrogens is 1. The van der Waals surface area contributed by atoms with Crippen molar-refractivity contribution in [3.8, 4) is 0 Å². The lowest BCUT2D eigenvalue weighted by Crippen LogP contribution is -2.09. The Hall–Kier alpha value is -1.09. The van der Waals surface area contributed by atoms with Gasteiger partial charge in [0.25, 0.3) is 0 Å². The van der Waals surface area contributed by atoms with Crippen LogP contribution in [0.2, 0.25) is 0 Å². The second kappa shape index (κ2) is 4.82. The summed E-state index contributed by atoms with van der Waals surface area (Å²) in [5.41, 5.74) is 8.80. The zero-order chi connectivity index (χ0) is 9.68. The van der Waals surface area contributed by atoms with Crippen molar-refractivity contribution in [2.24, 2.45) is 5.73 Å². The van der Waals surface area contributed by atoms with E-state index in [1.807, 2.05) is 13.1 Å². The summed E-state index contributed by atoms with van der Waals surface area (Å²) in [6.07, 6.45) is 2.89. The summed E-state index contributed by atoms with van der Waals surface area (Å²) in [6, 6.07) is 2.06. The van der Waals surface area contributed by atoms with Crippen LogP contribution in [0, 0.1) is 13.8 Å². The Bertz CT molecular complexity index is 271. The molecule has 0 aliphatic carbocycles. The number of hydrogen-bond acceptors (Lipinski definition) is 3. The summed E-state index contributed by atoms with van der Waals surface area (Å²) in [6.45, 7) is 5.71. The molecule has 0 amide bonds. The maximum absolute atomic E-state index is 5.41. The maximum Gasteiger partial charge on any atom is 0.0403 e. The second-order valence-corrected chi connectivity index (χ2v) is 3.21. The first-order valence-corrected chi connectivity index (χ1v) is 4.61. The number of nitrogens with one attached hydrogen (secondary N) is 1. The minimum atomic E-state index is 0.732. The van der Waals surface area contributed by atoms with Crippen LogP contribution < -0.4 is 11.1 Å². The Morgan fingerprint density at radius 1 is 1.46 bits per heavy atom. The van der Waals surface area contributed by atoms with Crippen LogP contribution in [-0.2, 0) is 0 Å². The highest BCUT2D eigenvalue weighted by Gasteiger charge is 1.97. The van der Waals surface area contributed by atoms with E-state index in [1.54, 1.807) is 0 Å². The lowest BCUT2D eigenvalue weighted by atomic mass is 10.2. The van der Waals surface area contributed by atoms with E-state index in [-0.39, 0.29) is 0 Å². The SMILES string of the molecule is Cc1cc(NCCCN)c(C)cn1. The topological polar surface area (TPSA) is 50.9 Å². The second-order valence-electron chi connectivity index (χ2n) is 3.21. The van der Waals surface area contributed by atoms with E-state index in [0.717, 1.165) is 25.2 Å². The van der Waals surface area contributed by atoms with Gasteiger partial charge in [0.1, 0.15) is 0 Å². The highest BCUT2D eigenvalue weighted by Crippen LogP contribution is 2.13. The van der Waals surface area contributed by atoms with Gasteiger partial charge in [-0.1, -0.05) is 0 Å². The summed E-state index contributed by atoms with van der Waals surface area (Å²) >= 11 is 0. The molecule has 0 saturated heterocycles. The van der Waals surface area contributed by atoms with Crippen LogP contribution in [0.15, 0.2) is 12.3 Å². The van der Waals surface area contributed by atoms with Crippen molar-refractivity contribution in [2.45, 2.75) is 20.3 Å². The number of pyridine rings is 1. The van der Waals surface area contributed by atoms with Gasteiger partial charge < -0.3 is 11.1 Å². The molecule has 0 bridgehead atoms. The summed E-state index contributed by atoms with van der Waals surface area (Å²) < 4.78 is 0. The third-order valence-corrected chi connectivity index (χ3v) is 1.94. The number of nitrogens with two attached hydrogens (primary N) is 1. The molecule has 1 heterocycles. The molecule has 0 aliphatic heterocycles. The zero-order valence-electron chi connectivity index (χ0n) is 8.30. The first kappa shape index (κ1) is 9.99. The Kier molecular flexibility index (Phi) is 3.71. The van der Waals surface area contributed by atoms with E-state index in [2.05, 4.69) is 23.3 Å². The van der Waals surface area contributed by atoms with Gasteiger partial charge in [-0.25, -0.2) is 0 Å². The average molecular weight is 179 g/mol. The molecule has 13 heavy (non-hydrogen) atoms. The monoisotopic (exact) mass is 179 g/mol. The minimum absolute atomic E-state index is 0.732. The molecule has 3 N–H and O–H groups in total. The largest absolute Gasteiger partial charge is 0.385 e. The molecule has 3 heteroatoms. The maximum atomic E-state index is 5.41. The van der Waals surface area contributed by atoms with Crippen molar-refractivity contribution in [1.29, 1.82) is 0 Å². The first-order valence-electron chi connectivity index (χ1n) is 4.61. The quantitative estimate of drug-likeness (QED) is 0.688. The normalized spacial score (nSPS) is 10.1. The van der Waals surface area contributed by atoms with E-state index in [1.165, 1.54) is 11.3 Å². The summed E-state index contributed by atoms with van der Waals surface area (Å²) in [5.74, 6) is 0. The Labute approximate surface area is 79.4 Å². The van der Waals surface area contributed by atoms with Crippen molar-refractivity contribution in [3.05, 3.63) is 23.5 Å². The van der Waals surface area contributed by atoms with Crippen molar-refractivity contribution < 1.29 is 0 Å². The number of aryl methyl sites for hydroxylation is 2. The minimum Gasteiger partial charge on any atom is -0.385 e. The van der Waals surface area contributed by atoms with Crippen molar-refractivity contribution >= 4 is 5.69 Å². The van der Waals surface area contributed by atoms with Crippen LogP contribution in [0.1, 0.15) is 17.7 Å². The molecule has 0 saturated carbocycles. The molecular formula is C10H17N3. The van der Waals surface area contributed by atoms with Crippen molar-refractivity contribution in [1.82, 2.24) is 4.98 Å². The molecule has 0 atom stereocenters. The van der Waals surface area contributed by atoms with E-state index in [4.69, 9.17) is 5.73 Å². The van der Waals surface area contributed by atoms with Crippen LogP contribution in [0.4, 0.5) is 5.69 Å². The lowest BCUT2D eigenvalue weighted by Gasteiger charge is -2.08. The molecule has 0 fully saturated rings. The summed E-state index contributed by atoms with van der Waals surface area (Å²) in [4.78, 5) is 4.20. The summed E-state index contributed by atoms with van der Waals surface area (Å²) in [7, 11) is 0. The third-order valence-electron chi connectivity index (χ3n) is 1.94. The van der Waals surface area contributed by atoms with Gasteiger partial charge in [-0.3, -0.25) is 4.98 Å². The molecule has 1 aromatic heterocycles. The lowest BCUT2D eigenvalue weighted by molar-refractivity contribution is 0.872. The van der Waals surface area contributed by atoms with Crippen LogP contribution in [-0.4, -0.2) is 18.1 Å². The van der Waals surface area contributed by atoms with Gasteiger partial charge in [-0.15, -0.1) is 0 Å². The molecular weight excluding hydrogens is 162 g/mol. The average Bonchev–Trinajstić information content (AvgIpc) is 2.11. The Morgan fingerprint density at radius 2 is 2.23 bits per heavy atom. The van der Waals surface area contributed by atoms with Crippen molar-refractivity contribution in [3.63, 3.8) is 0 Å². The molecule has 1 aromatic rings. The van der Waals surface area contributed by atoms with Gasteiger partial charge in [0, 0.05) is 24.1 Å². The Balaban J connectivity index is 2.59. The van der Waals surface area contributed by atoms with Gasteiger partial charge in [0.2, 0.25) is 0 Å². The highest BCUT2D eigenvalue weighted by atomic mass is 14.9. The fraction of sp³-hybridized carbons (Fsp3) is 0.500. The first-order chi connectivity index (χ1) is 6.24. The number of nitrogens with zero attached hydrogens (tertiary/aromatic N) is 1. The predicted molar refractivity (Wildman–Crippen MR) is 55.9 cm³/mol. The number of rotatable bonds is 4.